The van der Waals surface area contributed by atoms with Crippen LogP contribution in [0.25, 0.3) is 0 Å². The number of rotatable bonds is 0. The monoisotopic (exact) mass is 176 g/mol. The zero-order valence-electron chi connectivity index (χ0n) is 6.91. The van der Waals surface area contributed by atoms with Crippen LogP contribution in [0, 0.1) is 0 Å². The molecule has 0 unspecified atom stereocenters. The Labute approximate surface area is 75.7 Å². The molecule has 0 bridgehead atoms. The number of hydrogen-bond donors (Lipinski definition) is 0. The van der Waals surface area contributed by atoms with Gasteiger partial charge >= 0.3 is 0 Å². The van der Waals surface area contributed by atoms with Gasteiger partial charge in [-0.1, -0.05) is 26.0 Å². The molecule has 0 saturated heterocycles. The average molecular weight is 176 g/mol. The van der Waals surface area contributed by atoms with Gasteiger partial charge in [0, 0.05) is 32.1 Å². The number of allylic oxidation sites excluding steroid dienone is 2. The zero-order valence-corrected chi connectivity index (χ0v) is 8.31. The third-order valence-electron chi connectivity index (χ3n) is 0.981. The molecular formula is C8H15NV. The molecule has 1 aliphatic heterocycles. The van der Waals surface area contributed by atoms with Crippen molar-refractivity contribution >= 4 is 0 Å². The summed E-state index contributed by atoms with van der Waals surface area (Å²) in [7, 11) is 2.06. The van der Waals surface area contributed by atoms with Crippen molar-refractivity contribution in [1.29, 1.82) is 0 Å². The standard InChI is InChI=1S/C6H9N.C2H6.V/c1-7-5-3-2-4-6-7;1-2;/h2-5H,6H2,1H3;1-2H3;. The predicted molar refractivity (Wildman–Crippen MR) is 42.3 cm³/mol. The molecule has 10 heavy (non-hydrogen) atoms. The normalized spacial score (nSPS) is 13.3. The third-order valence-corrected chi connectivity index (χ3v) is 0.981. The van der Waals surface area contributed by atoms with E-state index < -0.39 is 0 Å². The third kappa shape index (κ3) is 5.99. The first-order chi connectivity index (χ1) is 4.39. The molecular weight excluding hydrogens is 161 g/mol. The fraction of sp³-hybridized carbons (Fsp3) is 0.500. The quantitative estimate of drug-likeness (QED) is 0.545. The molecule has 2 heteroatoms. The second-order valence-electron chi connectivity index (χ2n) is 1.71. The summed E-state index contributed by atoms with van der Waals surface area (Å²) in [4.78, 5) is 2.12. The molecule has 0 aliphatic carbocycles. The largest absolute Gasteiger partial charge is 0.377 e. The van der Waals surface area contributed by atoms with E-state index in [2.05, 4.69) is 30.3 Å². The Morgan fingerprint density at radius 3 is 2.00 bits per heavy atom. The molecule has 0 atom stereocenters. The summed E-state index contributed by atoms with van der Waals surface area (Å²) in [6, 6.07) is 0. The smallest absolute Gasteiger partial charge is 0.0353 e. The molecule has 0 saturated carbocycles. The Morgan fingerprint density at radius 2 is 1.80 bits per heavy atom. The molecule has 0 amide bonds. The first kappa shape index (κ1) is 12.5. The van der Waals surface area contributed by atoms with Crippen LogP contribution in [-0.4, -0.2) is 18.5 Å². The molecule has 0 spiro atoms. The van der Waals surface area contributed by atoms with Crippen LogP contribution in [0.3, 0.4) is 0 Å². The topological polar surface area (TPSA) is 3.24 Å². The molecule has 0 aromatic rings. The summed E-state index contributed by atoms with van der Waals surface area (Å²) in [5, 5.41) is 0. The maximum absolute atomic E-state index is 2.12. The van der Waals surface area contributed by atoms with Gasteiger partial charge in [0.1, 0.15) is 0 Å². The summed E-state index contributed by atoms with van der Waals surface area (Å²) >= 11 is 0. The summed E-state index contributed by atoms with van der Waals surface area (Å²) in [5.41, 5.74) is 0. The van der Waals surface area contributed by atoms with Crippen LogP contribution in [0.2, 0.25) is 0 Å². The fourth-order valence-electron chi connectivity index (χ4n) is 0.563. The van der Waals surface area contributed by atoms with E-state index in [0.717, 1.165) is 6.54 Å². The van der Waals surface area contributed by atoms with Crippen LogP contribution in [0.1, 0.15) is 13.8 Å². The van der Waals surface area contributed by atoms with Gasteiger partial charge in [0.15, 0.2) is 0 Å². The van der Waals surface area contributed by atoms with Gasteiger partial charge in [0.25, 0.3) is 0 Å². The van der Waals surface area contributed by atoms with Crippen molar-refractivity contribution in [3.05, 3.63) is 24.4 Å². The van der Waals surface area contributed by atoms with E-state index in [1.165, 1.54) is 0 Å². The second-order valence-corrected chi connectivity index (χ2v) is 1.71. The summed E-state index contributed by atoms with van der Waals surface area (Å²) in [6.45, 7) is 5.05. The van der Waals surface area contributed by atoms with Crippen molar-refractivity contribution in [3.8, 4) is 0 Å². The Hall–Kier alpha value is -0.136. The SMILES string of the molecule is CC.CN1C=CC=CC1.[V]. The van der Waals surface area contributed by atoms with Gasteiger partial charge in [0.05, 0.1) is 0 Å². The van der Waals surface area contributed by atoms with Crippen LogP contribution in [0.4, 0.5) is 0 Å². The van der Waals surface area contributed by atoms with E-state index in [9.17, 15) is 0 Å². The van der Waals surface area contributed by atoms with E-state index in [0.29, 0.717) is 0 Å². The number of nitrogens with zero attached hydrogens (tertiary/aromatic N) is 1. The summed E-state index contributed by atoms with van der Waals surface area (Å²) in [5.74, 6) is 0. The molecule has 1 nitrogen and oxygen atoms in total. The van der Waals surface area contributed by atoms with Crippen molar-refractivity contribution in [2.45, 2.75) is 13.8 Å². The van der Waals surface area contributed by atoms with Crippen LogP contribution in [0.15, 0.2) is 24.4 Å². The maximum Gasteiger partial charge on any atom is 0.0353 e. The molecule has 0 N–H and O–H groups in total. The van der Waals surface area contributed by atoms with Gasteiger partial charge in [-0.2, -0.15) is 0 Å². The fourth-order valence-corrected chi connectivity index (χ4v) is 0.563. The van der Waals surface area contributed by atoms with Crippen LogP contribution in [-0.2, 0) is 18.6 Å². The summed E-state index contributed by atoms with van der Waals surface area (Å²) in [6.07, 6.45) is 8.27. The number of hydrogen-bond acceptors (Lipinski definition) is 1. The molecule has 1 aliphatic rings. The van der Waals surface area contributed by atoms with E-state index in [-0.39, 0.29) is 18.6 Å². The molecule has 0 aromatic heterocycles. The first-order valence-corrected chi connectivity index (χ1v) is 3.43. The number of likely N-dealkylation sites (N-methyl/N-ethyl adjacent to an activating group) is 1. The molecule has 1 heterocycles. The van der Waals surface area contributed by atoms with Crippen molar-refractivity contribution in [3.63, 3.8) is 0 Å². The molecule has 0 fully saturated rings. The van der Waals surface area contributed by atoms with Crippen molar-refractivity contribution in [2.24, 2.45) is 0 Å². The van der Waals surface area contributed by atoms with E-state index in [4.69, 9.17) is 0 Å². The van der Waals surface area contributed by atoms with Gasteiger partial charge < -0.3 is 4.90 Å². The minimum atomic E-state index is 0. The van der Waals surface area contributed by atoms with Gasteiger partial charge in [-0.25, -0.2) is 0 Å². The minimum Gasteiger partial charge on any atom is -0.377 e. The average Bonchev–Trinajstić information content (AvgIpc) is 1.94. The molecule has 1 radical (unpaired) electrons. The summed E-state index contributed by atoms with van der Waals surface area (Å²) < 4.78 is 0. The van der Waals surface area contributed by atoms with Crippen molar-refractivity contribution in [1.82, 2.24) is 4.90 Å². The van der Waals surface area contributed by atoms with E-state index in [1.807, 2.05) is 19.9 Å². The minimum absolute atomic E-state index is 0. The predicted octanol–water partition coefficient (Wildman–Crippen LogP) is 2.03. The second kappa shape index (κ2) is 8.86. The zero-order chi connectivity index (χ0) is 7.11. The first-order valence-electron chi connectivity index (χ1n) is 3.43. The van der Waals surface area contributed by atoms with Crippen LogP contribution >= 0.6 is 0 Å². The Balaban J connectivity index is 0. The van der Waals surface area contributed by atoms with Gasteiger partial charge in [-0.05, 0) is 12.3 Å². The maximum atomic E-state index is 2.12. The molecule has 57 valence electrons. The van der Waals surface area contributed by atoms with Gasteiger partial charge in [0.2, 0.25) is 0 Å². The van der Waals surface area contributed by atoms with E-state index in [1.54, 1.807) is 0 Å². The van der Waals surface area contributed by atoms with Crippen LogP contribution < -0.4 is 0 Å². The Morgan fingerprint density at radius 1 is 1.20 bits per heavy atom. The van der Waals surface area contributed by atoms with Crippen molar-refractivity contribution in [2.75, 3.05) is 13.6 Å². The van der Waals surface area contributed by atoms with Gasteiger partial charge in [-0.3, -0.25) is 0 Å². The molecule has 0 aromatic carbocycles. The van der Waals surface area contributed by atoms with Crippen LogP contribution in [0.5, 0.6) is 0 Å². The molecule has 1 rings (SSSR count). The van der Waals surface area contributed by atoms with Crippen molar-refractivity contribution < 1.29 is 18.6 Å². The van der Waals surface area contributed by atoms with Gasteiger partial charge in [-0.15, -0.1) is 0 Å². The Bertz CT molecular complexity index is 108. The Kier molecular flexibility index (Phi) is 11.1. The van der Waals surface area contributed by atoms with E-state index >= 15 is 0 Å².